The molecule has 0 bridgehead atoms. The summed E-state index contributed by atoms with van der Waals surface area (Å²) in [6.45, 7) is 5.38. The van der Waals surface area contributed by atoms with E-state index in [2.05, 4.69) is 4.90 Å². The number of methoxy groups -OCH3 is 1. The lowest BCUT2D eigenvalue weighted by atomic mass is 10.1. The molecule has 0 radical (unpaired) electrons. The average Bonchev–Trinajstić information content (AvgIpc) is 3.21. The van der Waals surface area contributed by atoms with Gasteiger partial charge in [-0.25, -0.2) is 0 Å². The van der Waals surface area contributed by atoms with Crippen LogP contribution in [0.4, 0.5) is 5.69 Å². The highest BCUT2D eigenvalue weighted by atomic mass is 35.5. The first-order chi connectivity index (χ1) is 15.2. The number of rotatable bonds is 7. The summed E-state index contributed by atoms with van der Waals surface area (Å²) in [7, 11) is 1.64. The molecule has 2 aliphatic rings. The van der Waals surface area contributed by atoms with Gasteiger partial charge in [-0.3, -0.25) is 9.69 Å². The zero-order chi connectivity index (χ0) is 21.6. The van der Waals surface area contributed by atoms with E-state index in [-0.39, 0.29) is 5.91 Å². The topological polar surface area (TPSA) is 51.2 Å². The summed E-state index contributed by atoms with van der Waals surface area (Å²) >= 11 is 6.19. The van der Waals surface area contributed by atoms with Gasteiger partial charge in [0.05, 0.1) is 26.0 Å². The van der Waals surface area contributed by atoms with Crippen molar-refractivity contribution >= 4 is 29.3 Å². The zero-order valence-electron chi connectivity index (χ0n) is 17.7. The molecular formula is C24H27ClN2O4. The molecule has 1 saturated heterocycles. The van der Waals surface area contributed by atoms with Crippen molar-refractivity contribution in [1.82, 2.24) is 4.90 Å². The summed E-state index contributed by atoms with van der Waals surface area (Å²) in [5.74, 6) is 1.27. The second kappa shape index (κ2) is 10.2. The van der Waals surface area contributed by atoms with Crippen LogP contribution in [0.5, 0.6) is 11.5 Å². The maximum Gasteiger partial charge on any atom is 0.251 e. The molecule has 0 aromatic heterocycles. The van der Waals surface area contributed by atoms with Crippen molar-refractivity contribution in [2.45, 2.75) is 6.42 Å². The minimum Gasteiger partial charge on any atom is -0.493 e. The third-order valence-corrected chi connectivity index (χ3v) is 5.95. The Labute approximate surface area is 187 Å². The van der Waals surface area contributed by atoms with Gasteiger partial charge in [0.2, 0.25) is 0 Å². The minimum absolute atomic E-state index is 0.0805. The van der Waals surface area contributed by atoms with Gasteiger partial charge in [0, 0.05) is 43.3 Å². The third kappa shape index (κ3) is 5.21. The fraction of sp³-hybridized carbons (Fsp3) is 0.375. The molecule has 0 saturated carbocycles. The summed E-state index contributed by atoms with van der Waals surface area (Å²) in [6.07, 6.45) is 4.11. The highest BCUT2D eigenvalue weighted by Crippen LogP contribution is 2.39. The number of morpholine rings is 1. The molecular weight excluding hydrogens is 416 g/mol. The Bertz CT molecular complexity index is 957. The first-order valence-electron chi connectivity index (χ1n) is 10.5. The molecule has 0 N–H and O–H groups in total. The van der Waals surface area contributed by atoms with Gasteiger partial charge in [-0.05, 0) is 35.8 Å². The molecule has 2 aromatic rings. The molecule has 1 amide bonds. The summed E-state index contributed by atoms with van der Waals surface area (Å²) in [4.78, 5) is 17.0. The van der Waals surface area contributed by atoms with Crippen molar-refractivity contribution in [3.05, 3.63) is 58.6 Å². The van der Waals surface area contributed by atoms with Crippen molar-refractivity contribution < 1.29 is 19.0 Å². The van der Waals surface area contributed by atoms with Crippen LogP contribution in [0.25, 0.3) is 6.08 Å². The van der Waals surface area contributed by atoms with E-state index in [1.807, 2.05) is 36.4 Å². The molecule has 1 fully saturated rings. The quantitative estimate of drug-likeness (QED) is 0.612. The van der Waals surface area contributed by atoms with Crippen LogP contribution >= 0.6 is 11.6 Å². The average molecular weight is 443 g/mol. The molecule has 6 nitrogen and oxygen atoms in total. The van der Waals surface area contributed by atoms with E-state index in [0.717, 1.165) is 56.1 Å². The maximum absolute atomic E-state index is 12.9. The molecule has 0 aliphatic carbocycles. The molecule has 164 valence electrons. The number of fused-ring (bicyclic) bond motifs is 1. The van der Waals surface area contributed by atoms with Crippen LogP contribution in [0.15, 0.2) is 42.5 Å². The van der Waals surface area contributed by atoms with Crippen molar-refractivity contribution in [3.8, 4) is 11.5 Å². The summed E-state index contributed by atoms with van der Waals surface area (Å²) in [5.41, 5.74) is 2.77. The smallest absolute Gasteiger partial charge is 0.251 e. The third-order valence-electron chi connectivity index (χ3n) is 5.61. The molecule has 2 aromatic carbocycles. The molecule has 0 atom stereocenters. The van der Waals surface area contributed by atoms with E-state index < -0.39 is 0 Å². The number of anilines is 1. The number of amides is 1. The van der Waals surface area contributed by atoms with Crippen molar-refractivity contribution in [2.75, 3.05) is 58.0 Å². The molecule has 4 rings (SSSR count). The highest BCUT2D eigenvalue weighted by Gasteiger charge is 2.26. The van der Waals surface area contributed by atoms with Gasteiger partial charge in [0.15, 0.2) is 11.5 Å². The van der Waals surface area contributed by atoms with Gasteiger partial charge >= 0.3 is 0 Å². The Kier molecular flexibility index (Phi) is 7.12. The van der Waals surface area contributed by atoms with E-state index in [9.17, 15) is 4.79 Å². The number of benzene rings is 2. The summed E-state index contributed by atoms with van der Waals surface area (Å²) in [6, 6.07) is 11.4. The van der Waals surface area contributed by atoms with Crippen LogP contribution < -0.4 is 14.4 Å². The van der Waals surface area contributed by atoms with Gasteiger partial charge in [-0.1, -0.05) is 29.8 Å². The van der Waals surface area contributed by atoms with E-state index in [0.29, 0.717) is 29.7 Å². The Morgan fingerprint density at radius 3 is 2.74 bits per heavy atom. The summed E-state index contributed by atoms with van der Waals surface area (Å²) in [5, 5.41) is 0.620. The molecule has 0 spiro atoms. The predicted molar refractivity (Wildman–Crippen MR) is 122 cm³/mol. The van der Waals surface area contributed by atoms with E-state index >= 15 is 0 Å². The number of ether oxygens (including phenoxy) is 3. The van der Waals surface area contributed by atoms with Gasteiger partial charge in [-0.15, -0.1) is 0 Å². The number of carbonyl (C=O) groups excluding carboxylic acids is 1. The Hall–Kier alpha value is -2.54. The maximum atomic E-state index is 12.9. The SMILES string of the molecule is COc1cc2c(cc1OCCN1CCOCC1)N(C(=O)C=Cc1ccccc1Cl)CC2. The van der Waals surface area contributed by atoms with Crippen LogP contribution in [0.2, 0.25) is 5.02 Å². The van der Waals surface area contributed by atoms with E-state index in [4.69, 9.17) is 25.8 Å². The lowest BCUT2D eigenvalue weighted by Crippen LogP contribution is -2.38. The molecule has 7 heteroatoms. The molecule has 2 aliphatic heterocycles. The van der Waals surface area contributed by atoms with Crippen LogP contribution in [-0.4, -0.2) is 63.9 Å². The van der Waals surface area contributed by atoms with Crippen LogP contribution in [0.3, 0.4) is 0 Å². The normalized spacial score (nSPS) is 16.5. The monoisotopic (exact) mass is 442 g/mol. The van der Waals surface area contributed by atoms with Crippen molar-refractivity contribution in [2.24, 2.45) is 0 Å². The Morgan fingerprint density at radius 1 is 1.16 bits per heavy atom. The van der Waals surface area contributed by atoms with Gasteiger partial charge in [-0.2, -0.15) is 0 Å². The number of hydrogen-bond acceptors (Lipinski definition) is 5. The van der Waals surface area contributed by atoms with Crippen LogP contribution in [-0.2, 0) is 16.0 Å². The van der Waals surface area contributed by atoms with E-state index in [1.165, 1.54) is 0 Å². The first-order valence-corrected chi connectivity index (χ1v) is 10.9. The largest absolute Gasteiger partial charge is 0.493 e. The predicted octanol–water partition coefficient (Wildman–Crippen LogP) is 3.66. The lowest BCUT2D eigenvalue weighted by Gasteiger charge is -2.26. The Morgan fingerprint density at radius 2 is 1.97 bits per heavy atom. The van der Waals surface area contributed by atoms with Crippen molar-refractivity contribution in [3.63, 3.8) is 0 Å². The fourth-order valence-corrected chi connectivity index (χ4v) is 4.07. The van der Waals surface area contributed by atoms with E-state index in [1.54, 1.807) is 24.2 Å². The van der Waals surface area contributed by atoms with Gasteiger partial charge < -0.3 is 19.1 Å². The first kappa shape index (κ1) is 21.7. The minimum atomic E-state index is -0.0805. The number of halogens is 1. The van der Waals surface area contributed by atoms with Crippen LogP contribution in [0.1, 0.15) is 11.1 Å². The number of carbonyl (C=O) groups is 1. The van der Waals surface area contributed by atoms with Crippen molar-refractivity contribution in [1.29, 1.82) is 0 Å². The molecule has 2 heterocycles. The second-order valence-corrected chi connectivity index (χ2v) is 7.94. The van der Waals surface area contributed by atoms with Gasteiger partial charge in [0.1, 0.15) is 6.61 Å². The van der Waals surface area contributed by atoms with Crippen LogP contribution in [0, 0.1) is 0 Å². The second-order valence-electron chi connectivity index (χ2n) is 7.53. The molecule has 31 heavy (non-hydrogen) atoms. The number of hydrogen-bond donors (Lipinski definition) is 0. The highest BCUT2D eigenvalue weighted by molar-refractivity contribution is 6.32. The summed E-state index contributed by atoms with van der Waals surface area (Å²) < 4.78 is 17.0. The van der Waals surface area contributed by atoms with Gasteiger partial charge in [0.25, 0.3) is 5.91 Å². The fourth-order valence-electron chi connectivity index (χ4n) is 3.87. The standard InChI is InChI=1S/C24H27ClN2O4/c1-29-22-16-19-8-9-27(24(28)7-6-18-4-2-3-5-20(18)25)21(19)17-23(22)31-15-12-26-10-13-30-14-11-26/h2-7,16-17H,8-15H2,1H3. The number of nitrogens with zero attached hydrogens (tertiary/aromatic N) is 2. The lowest BCUT2D eigenvalue weighted by molar-refractivity contribution is -0.114. The zero-order valence-corrected chi connectivity index (χ0v) is 18.4. The Balaban J connectivity index is 1.46. The molecule has 0 unspecified atom stereocenters.